The molecule has 2 heteroatoms. The number of rotatable bonds is 5. The second-order valence-electron chi connectivity index (χ2n) is 6.11. The Morgan fingerprint density at radius 2 is 2.00 bits per heavy atom. The first kappa shape index (κ1) is 13.0. The van der Waals surface area contributed by atoms with Crippen molar-refractivity contribution >= 4 is 0 Å². The van der Waals surface area contributed by atoms with Crippen molar-refractivity contribution in [1.29, 1.82) is 0 Å². The minimum atomic E-state index is 0.519. The van der Waals surface area contributed by atoms with Crippen molar-refractivity contribution in [2.45, 2.75) is 38.6 Å². The molecule has 2 nitrogen and oxygen atoms in total. The van der Waals surface area contributed by atoms with Gasteiger partial charge >= 0.3 is 0 Å². The van der Waals surface area contributed by atoms with Crippen molar-refractivity contribution in [2.75, 3.05) is 13.7 Å². The van der Waals surface area contributed by atoms with Crippen LogP contribution in [0.2, 0.25) is 0 Å². The summed E-state index contributed by atoms with van der Waals surface area (Å²) in [5, 5.41) is 3.56. The predicted octanol–water partition coefficient (Wildman–Crippen LogP) is 3.78. The van der Waals surface area contributed by atoms with Crippen LogP contribution in [-0.4, -0.2) is 13.7 Å². The average Bonchev–Trinajstić information content (AvgIpc) is 3.05. The smallest absolute Gasteiger partial charge is 0.119 e. The summed E-state index contributed by atoms with van der Waals surface area (Å²) in [6.07, 6.45) is 5.81. The van der Waals surface area contributed by atoms with E-state index in [4.69, 9.17) is 4.74 Å². The van der Waals surface area contributed by atoms with E-state index in [0.717, 1.165) is 30.1 Å². The maximum Gasteiger partial charge on any atom is 0.119 e. The second-order valence-corrected chi connectivity index (χ2v) is 6.11. The fourth-order valence-electron chi connectivity index (χ4n) is 4.27. The highest BCUT2D eigenvalue weighted by atomic mass is 16.5. The van der Waals surface area contributed by atoms with Crippen molar-refractivity contribution in [1.82, 2.24) is 5.32 Å². The van der Waals surface area contributed by atoms with Crippen LogP contribution < -0.4 is 10.1 Å². The molecule has 0 aromatic heterocycles. The molecule has 0 spiro atoms. The van der Waals surface area contributed by atoms with Crippen LogP contribution in [0.4, 0.5) is 0 Å². The van der Waals surface area contributed by atoms with Crippen LogP contribution in [0.1, 0.15) is 44.2 Å². The van der Waals surface area contributed by atoms with Gasteiger partial charge in [0.05, 0.1) is 6.61 Å². The van der Waals surface area contributed by atoms with Gasteiger partial charge < -0.3 is 10.1 Å². The summed E-state index contributed by atoms with van der Waals surface area (Å²) in [6, 6.07) is 9.20. The molecule has 4 atom stereocenters. The van der Waals surface area contributed by atoms with Gasteiger partial charge in [-0.15, -0.1) is 0 Å². The van der Waals surface area contributed by atoms with Crippen molar-refractivity contribution in [2.24, 2.45) is 17.8 Å². The minimum Gasteiger partial charge on any atom is -0.494 e. The molecule has 104 valence electrons. The highest BCUT2D eigenvalue weighted by molar-refractivity contribution is 5.30. The summed E-state index contributed by atoms with van der Waals surface area (Å²) in [4.78, 5) is 0. The van der Waals surface area contributed by atoms with Gasteiger partial charge in [0.15, 0.2) is 0 Å². The molecule has 0 aliphatic heterocycles. The van der Waals surface area contributed by atoms with E-state index < -0.39 is 0 Å². The molecule has 1 aromatic rings. The van der Waals surface area contributed by atoms with E-state index in [2.05, 4.69) is 36.6 Å². The Bertz CT molecular complexity index is 414. The lowest BCUT2D eigenvalue weighted by molar-refractivity contribution is 0.259. The Hall–Kier alpha value is -1.02. The normalized spacial score (nSPS) is 30.5. The molecule has 3 rings (SSSR count). The van der Waals surface area contributed by atoms with E-state index in [0.29, 0.717) is 6.04 Å². The maximum absolute atomic E-state index is 5.53. The number of benzene rings is 1. The van der Waals surface area contributed by atoms with Crippen LogP contribution in [-0.2, 0) is 0 Å². The van der Waals surface area contributed by atoms with Gasteiger partial charge in [0.2, 0.25) is 0 Å². The molecular weight excluding hydrogens is 234 g/mol. The zero-order chi connectivity index (χ0) is 13.2. The Labute approximate surface area is 116 Å². The quantitative estimate of drug-likeness (QED) is 0.869. The van der Waals surface area contributed by atoms with Gasteiger partial charge in [-0.25, -0.2) is 0 Å². The fourth-order valence-corrected chi connectivity index (χ4v) is 4.27. The van der Waals surface area contributed by atoms with Gasteiger partial charge in [0.25, 0.3) is 0 Å². The lowest BCUT2D eigenvalue weighted by Gasteiger charge is -2.30. The summed E-state index contributed by atoms with van der Waals surface area (Å²) in [7, 11) is 2.10. The van der Waals surface area contributed by atoms with E-state index >= 15 is 0 Å². The first-order chi connectivity index (χ1) is 9.31. The summed E-state index contributed by atoms with van der Waals surface area (Å²) >= 11 is 0. The molecule has 2 aliphatic carbocycles. The largest absolute Gasteiger partial charge is 0.494 e. The van der Waals surface area contributed by atoms with E-state index in [-0.39, 0.29) is 0 Å². The van der Waals surface area contributed by atoms with Crippen molar-refractivity contribution in [3.63, 3.8) is 0 Å². The van der Waals surface area contributed by atoms with Crippen molar-refractivity contribution < 1.29 is 4.74 Å². The first-order valence-electron chi connectivity index (χ1n) is 7.71. The fraction of sp³-hybridized carbons (Fsp3) is 0.647. The maximum atomic E-state index is 5.53. The number of hydrogen-bond acceptors (Lipinski definition) is 2. The highest BCUT2D eigenvalue weighted by Gasteiger charge is 2.42. The molecule has 0 amide bonds. The molecule has 0 radical (unpaired) electrons. The number of fused-ring (bicyclic) bond motifs is 2. The Morgan fingerprint density at radius 3 is 2.53 bits per heavy atom. The average molecular weight is 259 g/mol. The van der Waals surface area contributed by atoms with Crippen molar-refractivity contribution in [3.05, 3.63) is 29.8 Å². The van der Waals surface area contributed by atoms with E-state index in [1.54, 1.807) is 0 Å². The van der Waals surface area contributed by atoms with Crippen LogP contribution in [0.25, 0.3) is 0 Å². The Balaban J connectivity index is 1.74. The summed E-state index contributed by atoms with van der Waals surface area (Å²) in [6.45, 7) is 2.76. The molecule has 2 aliphatic rings. The van der Waals surface area contributed by atoms with Gasteiger partial charge in [-0.05, 0) is 68.7 Å². The molecule has 4 unspecified atom stereocenters. The second kappa shape index (κ2) is 5.54. The van der Waals surface area contributed by atoms with Gasteiger partial charge in [-0.2, -0.15) is 0 Å². The first-order valence-corrected chi connectivity index (χ1v) is 7.71. The standard InChI is InChI=1S/C17H25NO/c1-3-19-15-8-6-13(7-9-15)17(18-2)16-11-12-4-5-14(16)10-12/h6-9,12,14,16-18H,3-5,10-11H2,1-2H3. The summed E-state index contributed by atoms with van der Waals surface area (Å²) < 4.78 is 5.53. The van der Waals surface area contributed by atoms with Gasteiger partial charge in [0, 0.05) is 6.04 Å². The topological polar surface area (TPSA) is 21.3 Å². The Morgan fingerprint density at radius 1 is 1.21 bits per heavy atom. The van der Waals surface area contributed by atoms with Crippen LogP contribution in [0.3, 0.4) is 0 Å². The summed E-state index contributed by atoms with van der Waals surface area (Å²) in [5.41, 5.74) is 1.42. The predicted molar refractivity (Wildman–Crippen MR) is 78.3 cm³/mol. The van der Waals surface area contributed by atoms with E-state index in [1.165, 1.54) is 31.2 Å². The third kappa shape index (κ3) is 2.51. The van der Waals surface area contributed by atoms with Gasteiger partial charge in [-0.3, -0.25) is 0 Å². The van der Waals surface area contributed by atoms with Crippen LogP contribution in [0.5, 0.6) is 5.75 Å². The monoisotopic (exact) mass is 259 g/mol. The van der Waals surface area contributed by atoms with Crippen LogP contribution >= 0.6 is 0 Å². The number of ether oxygens (including phenoxy) is 1. The molecule has 1 N–H and O–H groups in total. The van der Waals surface area contributed by atoms with Crippen LogP contribution in [0.15, 0.2) is 24.3 Å². The molecule has 2 fully saturated rings. The molecule has 0 heterocycles. The molecule has 1 aromatic carbocycles. The number of hydrogen-bond donors (Lipinski definition) is 1. The lowest BCUT2D eigenvalue weighted by atomic mass is 9.80. The van der Waals surface area contributed by atoms with Crippen molar-refractivity contribution in [3.8, 4) is 5.75 Å². The molecule has 19 heavy (non-hydrogen) atoms. The Kier molecular flexibility index (Phi) is 3.79. The molecule has 2 bridgehead atoms. The highest BCUT2D eigenvalue weighted by Crippen LogP contribution is 2.52. The molecule has 0 saturated heterocycles. The minimum absolute atomic E-state index is 0.519. The number of nitrogens with one attached hydrogen (secondary N) is 1. The SMILES string of the molecule is CCOc1ccc(C(NC)C2CC3CCC2C3)cc1. The summed E-state index contributed by atoms with van der Waals surface area (Å²) in [5.74, 6) is 3.78. The van der Waals surface area contributed by atoms with E-state index in [9.17, 15) is 0 Å². The third-order valence-corrected chi connectivity index (χ3v) is 5.08. The van der Waals surface area contributed by atoms with Gasteiger partial charge in [-0.1, -0.05) is 18.6 Å². The van der Waals surface area contributed by atoms with Gasteiger partial charge in [0.1, 0.15) is 5.75 Å². The molecule has 2 saturated carbocycles. The zero-order valence-corrected chi connectivity index (χ0v) is 12.1. The third-order valence-electron chi connectivity index (χ3n) is 5.08. The zero-order valence-electron chi connectivity index (χ0n) is 12.1. The molecular formula is C17H25NO. The van der Waals surface area contributed by atoms with Crippen LogP contribution in [0, 0.1) is 17.8 Å². The lowest BCUT2D eigenvalue weighted by Crippen LogP contribution is -2.28. The van der Waals surface area contributed by atoms with E-state index in [1.807, 2.05) is 6.92 Å².